The molecule has 0 radical (unpaired) electrons. The topological polar surface area (TPSA) is 99.9 Å². The molecule has 0 aliphatic heterocycles. The van der Waals surface area contributed by atoms with Crippen LogP contribution in [-0.2, 0) is 4.79 Å². The number of nitro groups is 1. The number of hydrogen-bond donors (Lipinski definition) is 1. The van der Waals surface area contributed by atoms with Gasteiger partial charge in [0.1, 0.15) is 5.75 Å². The summed E-state index contributed by atoms with van der Waals surface area (Å²) in [5.74, 6) is 0.698. The van der Waals surface area contributed by atoms with Crippen molar-refractivity contribution in [1.29, 1.82) is 0 Å². The lowest BCUT2D eigenvalue weighted by Crippen LogP contribution is -2.30. The van der Waals surface area contributed by atoms with Gasteiger partial charge in [0.25, 0.3) is 11.6 Å². The minimum absolute atomic E-state index is 0.131. The molecule has 1 N–H and O–H groups in total. The second kappa shape index (κ2) is 8.00. The van der Waals surface area contributed by atoms with E-state index in [0.29, 0.717) is 17.2 Å². The SMILES string of the molecule is COc1cc([N+](=O)[O-])ccc1NC(=O)[C@H](C)Oc1ccccc1OC. The van der Waals surface area contributed by atoms with Crippen LogP contribution in [0.3, 0.4) is 0 Å². The minimum Gasteiger partial charge on any atom is -0.494 e. The number of carbonyl (C=O) groups excluding carboxylic acids is 1. The van der Waals surface area contributed by atoms with Crippen LogP contribution in [0.2, 0.25) is 0 Å². The summed E-state index contributed by atoms with van der Waals surface area (Å²) in [6.45, 7) is 1.58. The predicted molar refractivity (Wildman–Crippen MR) is 91.4 cm³/mol. The summed E-state index contributed by atoms with van der Waals surface area (Å²) in [7, 11) is 2.87. The maximum atomic E-state index is 12.3. The van der Waals surface area contributed by atoms with E-state index in [2.05, 4.69) is 5.32 Å². The van der Waals surface area contributed by atoms with Crippen LogP contribution < -0.4 is 19.5 Å². The molecule has 0 unspecified atom stereocenters. The third kappa shape index (κ3) is 4.37. The summed E-state index contributed by atoms with van der Waals surface area (Å²) >= 11 is 0. The van der Waals surface area contributed by atoms with Crippen molar-refractivity contribution in [2.75, 3.05) is 19.5 Å². The van der Waals surface area contributed by atoms with Gasteiger partial charge >= 0.3 is 0 Å². The highest BCUT2D eigenvalue weighted by Crippen LogP contribution is 2.30. The second-order valence-corrected chi connectivity index (χ2v) is 5.04. The molecule has 0 spiro atoms. The van der Waals surface area contributed by atoms with E-state index in [0.717, 1.165) is 0 Å². The van der Waals surface area contributed by atoms with Gasteiger partial charge in [0.2, 0.25) is 0 Å². The van der Waals surface area contributed by atoms with E-state index in [1.165, 1.54) is 32.4 Å². The monoisotopic (exact) mass is 346 g/mol. The van der Waals surface area contributed by atoms with Gasteiger partial charge in [-0.1, -0.05) is 12.1 Å². The van der Waals surface area contributed by atoms with Gasteiger partial charge in [-0.25, -0.2) is 0 Å². The number of anilines is 1. The third-order valence-corrected chi connectivity index (χ3v) is 3.40. The highest BCUT2D eigenvalue weighted by molar-refractivity contribution is 5.95. The van der Waals surface area contributed by atoms with Crippen LogP contribution in [0.1, 0.15) is 6.92 Å². The fraction of sp³-hybridized carbons (Fsp3) is 0.235. The molecule has 0 aromatic heterocycles. The predicted octanol–water partition coefficient (Wildman–Crippen LogP) is 3.02. The molecule has 2 aromatic rings. The number of para-hydroxylation sites is 2. The van der Waals surface area contributed by atoms with Crippen molar-refractivity contribution in [1.82, 2.24) is 0 Å². The molecule has 1 atom stereocenters. The summed E-state index contributed by atoms with van der Waals surface area (Å²) in [6, 6.07) is 10.9. The molecule has 0 fully saturated rings. The van der Waals surface area contributed by atoms with E-state index < -0.39 is 16.9 Å². The summed E-state index contributed by atoms with van der Waals surface area (Å²) < 4.78 is 15.9. The number of nitrogens with one attached hydrogen (secondary N) is 1. The number of nitro benzene ring substituents is 1. The summed E-state index contributed by atoms with van der Waals surface area (Å²) in [5.41, 5.74) is 0.182. The van der Waals surface area contributed by atoms with Crippen molar-refractivity contribution in [3.63, 3.8) is 0 Å². The van der Waals surface area contributed by atoms with Crippen molar-refractivity contribution in [3.05, 3.63) is 52.6 Å². The van der Waals surface area contributed by atoms with E-state index in [4.69, 9.17) is 14.2 Å². The number of non-ortho nitro benzene ring substituents is 1. The van der Waals surface area contributed by atoms with Crippen LogP contribution in [0.5, 0.6) is 17.2 Å². The zero-order chi connectivity index (χ0) is 18.4. The molecule has 0 aliphatic rings. The number of amides is 1. The molecular weight excluding hydrogens is 328 g/mol. The van der Waals surface area contributed by atoms with E-state index >= 15 is 0 Å². The Balaban J connectivity index is 2.12. The number of rotatable bonds is 7. The maximum absolute atomic E-state index is 12.3. The Morgan fingerprint density at radius 1 is 1.08 bits per heavy atom. The number of nitrogens with zero attached hydrogens (tertiary/aromatic N) is 1. The largest absolute Gasteiger partial charge is 0.494 e. The Hall–Kier alpha value is -3.29. The van der Waals surface area contributed by atoms with Crippen LogP contribution in [0.4, 0.5) is 11.4 Å². The molecule has 132 valence electrons. The number of ether oxygens (including phenoxy) is 3. The zero-order valence-electron chi connectivity index (χ0n) is 14.0. The van der Waals surface area contributed by atoms with Crippen molar-refractivity contribution in [2.24, 2.45) is 0 Å². The Kier molecular flexibility index (Phi) is 5.78. The van der Waals surface area contributed by atoms with Gasteiger partial charge in [-0.05, 0) is 25.1 Å². The number of benzene rings is 2. The fourth-order valence-electron chi connectivity index (χ4n) is 2.09. The van der Waals surface area contributed by atoms with Gasteiger partial charge in [0, 0.05) is 6.07 Å². The molecule has 1 amide bonds. The van der Waals surface area contributed by atoms with Crippen molar-refractivity contribution < 1.29 is 23.9 Å². The summed E-state index contributed by atoms with van der Waals surface area (Å²) in [6.07, 6.45) is -0.823. The summed E-state index contributed by atoms with van der Waals surface area (Å²) in [5, 5.41) is 13.4. The molecule has 2 aromatic carbocycles. The molecule has 0 saturated heterocycles. The Morgan fingerprint density at radius 2 is 1.72 bits per heavy atom. The first-order valence-corrected chi connectivity index (χ1v) is 7.39. The molecule has 8 heteroatoms. The Bertz CT molecular complexity index is 777. The lowest BCUT2D eigenvalue weighted by Gasteiger charge is -2.17. The Labute approximate surface area is 144 Å². The molecule has 25 heavy (non-hydrogen) atoms. The lowest BCUT2D eigenvalue weighted by atomic mass is 10.2. The smallest absolute Gasteiger partial charge is 0.273 e. The van der Waals surface area contributed by atoms with E-state index in [-0.39, 0.29) is 11.4 Å². The zero-order valence-corrected chi connectivity index (χ0v) is 14.0. The van der Waals surface area contributed by atoms with Crippen LogP contribution in [0.15, 0.2) is 42.5 Å². The van der Waals surface area contributed by atoms with Gasteiger partial charge in [-0.2, -0.15) is 0 Å². The highest BCUT2D eigenvalue weighted by atomic mass is 16.6. The fourth-order valence-corrected chi connectivity index (χ4v) is 2.09. The standard InChI is InChI=1S/C17H18N2O6/c1-11(25-15-7-5-4-6-14(15)23-2)17(20)18-13-9-8-12(19(21)22)10-16(13)24-3/h4-11H,1-3H3,(H,18,20)/t11-/m0/s1. The van der Waals surface area contributed by atoms with Crippen LogP contribution in [0.25, 0.3) is 0 Å². The highest BCUT2D eigenvalue weighted by Gasteiger charge is 2.19. The molecule has 0 heterocycles. The summed E-state index contributed by atoms with van der Waals surface area (Å²) in [4.78, 5) is 22.6. The van der Waals surface area contributed by atoms with E-state index in [1.807, 2.05) is 0 Å². The van der Waals surface area contributed by atoms with Gasteiger partial charge in [-0.3, -0.25) is 14.9 Å². The maximum Gasteiger partial charge on any atom is 0.273 e. The normalized spacial score (nSPS) is 11.3. The van der Waals surface area contributed by atoms with Gasteiger partial charge in [-0.15, -0.1) is 0 Å². The molecule has 0 bridgehead atoms. The molecular formula is C17H18N2O6. The van der Waals surface area contributed by atoms with Crippen LogP contribution in [0, 0.1) is 10.1 Å². The van der Waals surface area contributed by atoms with Gasteiger partial charge in [0.15, 0.2) is 17.6 Å². The van der Waals surface area contributed by atoms with Crippen molar-refractivity contribution >= 4 is 17.3 Å². The van der Waals surface area contributed by atoms with Crippen LogP contribution >= 0.6 is 0 Å². The van der Waals surface area contributed by atoms with Gasteiger partial charge < -0.3 is 19.5 Å². The van der Waals surface area contributed by atoms with E-state index in [1.54, 1.807) is 31.2 Å². The van der Waals surface area contributed by atoms with E-state index in [9.17, 15) is 14.9 Å². The number of carbonyl (C=O) groups is 1. The number of methoxy groups -OCH3 is 2. The Morgan fingerprint density at radius 3 is 2.32 bits per heavy atom. The van der Waals surface area contributed by atoms with Gasteiger partial charge in [0.05, 0.1) is 30.9 Å². The first-order valence-electron chi connectivity index (χ1n) is 7.39. The third-order valence-electron chi connectivity index (χ3n) is 3.40. The molecule has 8 nitrogen and oxygen atoms in total. The lowest BCUT2D eigenvalue weighted by molar-refractivity contribution is -0.384. The first kappa shape index (κ1) is 18.1. The average Bonchev–Trinajstić information content (AvgIpc) is 2.62. The molecule has 0 saturated carbocycles. The minimum atomic E-state index is -0.823. The quantitative estimate of drug-likeness (QED) is 0.611. The molecule has 0 aliphatic carbocycles. The average molecular weight is 346 g/mol. The number of hydrogen-bond acceptors (Lipinski definition) is 6. The first-order chi connectivity index (χ1) is 12.0. The van der Waals surface area contributed by atoms with Crippen molar-refractivity contribution in [3.8, 4) is 17.2 Å². The molecule has 2 rings (SSSR count). The second-order valence-electron chi connectivity index (χ2n) is 5.04. The van der Waals surface area contributed by atoms with Crippen molar-refractivity contribution in [2.45, 2.75) is 13.0 Å². The van der Waals surface area contributed by atoms with Crippen LogP contribution in [-0.4, -0.2) is 31.2 Å².